The van der Waals surface area contributed by atoms with Crippen LogP contribution < -0.4 is 4.74 Å². The van der Waals surface area contributed by atoms with Crippen molar-refractivity contribution in [1.82, 2.24) is 0 Å². The zero-order valence-electron chi connectivity index (χ0n) is 9.65. The minimum atomic E-state index is -1.16. The van der Waals surface area contributed by atoms with Crippen molar-refractivity contribution >= 4 is 11.7 Å². The largest absolute Gasteiger partial charge is 0.478 e. The highest BCUT2D eigenvalue weighted by Gasteiger charge is 2.17. The fourth-order valence-electron chi connectivity index (χ4n) is 1.55. The second-order valence-corrected chi connectivity index (χ2v) is 3.63. The van der Waals surface area contributed by atoms with Gasteiger partial charge in [0.1, 0.15) is 11.3 Å². The van der Waals surface area contributed by atoms with Gasteiger partial charge in [-0.2, -0.15) is 0 Å². The standard InChI is InChI=1S/C13H9NO5/c15-13(16)9-5-1-3-7-11(9)19-12-8-4-2-6-10(12)14(17)18/h1-8H,(H,15,16). The Bertz CT molecular complexity index is 583. The fraction of sp³-hybridized carbons (Fsp3) is 0. The predicted molar refractivity (Wildman–Crippen MR) is 66.6 cm³/mol. The van der Waals surface area contributed by atoms with Gasteiger partial charge < -0.3 is 9.84 Å². The van der Waals surface area contributed by atoms with E-state index in [1.54, 1.807) is 18.2 Å². The van der Waals surface area contributed by atoms with Gasteiger partial charge >= 0.3 is 11.7 Å². The lowest BCUT2D eigenvalue weighted by molar-refractivity contribution is -0.385. The van der Waals surface area contributed by atoms with Crippen molar-refractivity contribution in [1.29, 1.82) is 0 Å². The van der Waals surface area contributed by atoms with E-state index in [0.29, 0.717) is 0 Å². The third-order valence-electron chi connectivity index (χ3n) is 2.40. The van der Waals surface area contributed by atoms with Gasteiger partial charge in [-0.25, -0.2) is 4.79 Å². The van der Waals surface area contributed by atoms with E-state index in [-0.39, 0.29) is 22.7 Å². The summed E-state index contributed by atoms with van der Waals surface area (Å²) in [4.78, 5) is 21.3. The third-order valence-corrected chi connectivity index (χ3v) is 2.40. The van der Waals surface area contributed by atoms with Crippen LogP contribution in [0.3, 0.4) is 0 Å². The predicted octanol–water partition coefficient (Wildman–Crippen LogP) is 3.09. The molecule has 0 saturated carbocycles. The molecule has 6 nitrogen and oxygen atoms in total. The molecule has 19 heavy (non-hydrogen) atoms. The number of aromatic carboxylic acids is 1. The molecule has 1 N–H and O–H groups in total. The molecular weight excluding hydrogens is 250 g/mol. The first-order chi connectivity index (χ1) is 9.09. The maximum atomic E-state index is 11.0. The molecular formula is C13H9NO5. The van der Waals surface area contributed by atoms with E-state index in [2.05, 4.69) is 0 Å². The Morgan fingerprint density at radius 1 is 1.05 bits per heavy atom. The van der Waals surface area contributed by atoms with Crippen LogP contribution in [0.1, 0.15) is 10.4 Å². The Hall–Kier alpha value is -2.89. The molecule has 0 atom stereocenters. The molecule has 2 aromatic rings. The second-order valence-electron chi connectivity index (χ2n) is 3.63. The monoisotopic (exact) mass is 259 g/mol. The lowest BCUT2D eigenvalue weighted by atomic mass is 10.2. The molecule has 2 rings (SSSR count). The molecule has 0 bridgehead atoms. The van der Waals surface area contributed by atoms with Crippen molar-refractivity contribution in [2.45, 2.75) is 0 Å². The number of ether oxygens (including phenoxy) is 1. The van der Waals surface area contributed by atoms with Crippen LogP contribution in [0.5, 0.6) is 11.5 Å². The molecule has 0 aliphatic carbocycles. The van der Waals surface area contributed by atoms with E-state index >= 15 is 0 Å². The van der Waals surface area contributed by atoms with Crippen LogP contribution in [0.2, 0.25) is 0 Å². The molecule has 2 aromatic carbocycles. The summed E-state index contributed by atoms with van der Waals surface area (Å²) in [6.45, 7) is 0. The van der Waals surface area contributed by atoms with E-state index in [9.17, 15) is 14.9 Å². The summed E-state index contributed by atoms with van der Waals surface area (Å²) in [7, 11) is 0. The summed E-state index contributed by atoms with van der Waals surface area (Å²) < 4.78 is 5.34. The van der Waals surface area contributed by atoms with Crippen LogP contribution in [-0.4, -0.2) is 16.0 Å². The molecule has 0 unspecified atom stereocenters. The van der Waals surface area contributed by atoms with Gasteiger partial charge in [0.2, 0.25) is 5.75 Å². The Balaban J connectivity index is 2.42. The molecule has 6 heteroatoms. The molecule has 0 aromatic heterocycles. The lowest BCUT2D eigenvalue weighted by Gasteiger charge is -2.08. The van der Waals surface area contributed by atoms with Gasteiger partial charge in [-0.3, -0.25) is 10.1 Å². The number of carboxylic acid groups (broad SMARTS) is 1. The first-order valence-corrected chi connectivity index (χ1v) is 5.33. The molecule has 0 radical (unpaired) electrons. The highest BCUT2D eigenvalue weighted by atomic mass is 16.6. The smallest absolute Gasteiger partial charge is 0.339 e. The third kappa shape index (κ3) is 2.68. The quantitative estimate of drug-likeness (QED) is 0.673. The molecule has 0 aliphatic heterocycles. The van der Waals surface area contributed by atoms with Gasteiger partial charge in [-0.1, -0.05) is 24.3 Å². The first kappa shape index (κ1) is 12.6. The molecule has 0 heterocycles. The van der Waals surface area contributed by atoms with E-state index in [0.717, 1.165) is 0 Å². The number of hydrogen-bond acceptors (Lipinski definition) is 4. The topological polar surface area (TPSA) is 89.7 Å². The SMILES string of the molecule is O=C(O)c1ccccc1Oc1ccccc1[N+](=O)[O-]. The van der Waals surface area contributed by atoms with Gasteiger partial charge in [0.15, 0.2) is 0 Å². The van der Waals surface area contributed by atoms with Gasteiger partial charge in [0.25, 0.3) is 0 Å². The van der Waals surface area contributed by atoms with Crippen molar-refractivity contribution in [3.05, 3.63) is 64.2 Å². The Morgan fingerprint density at radius 2 is 1.63 bits per heavy atom. The minimum absolute atomic E-state index is 0.00111. The zero-order chi connectivity index (χ0) is 13.8. The van der Waals surface area contributed by atoms with Crippen LogP contribution in [0, 0.1) is 10.1 Å². The van der Waals surface area contributed by atoms with Crippen LogP contribution in [0.25, 0.3) is 0 Å². The van der Waals surface area contributed by atoms with Gasteiger partial charge in [-0.05, 0) is 18.2 Å². The van der Waals surface area contributed by atoms with Crippen molar-refractivity contribution in [2.75, 3.05) is 0 Å². The van der Waals surface area contributed by atoms with Crippen molar-refractivity contribution in [3.63, 3.8) is 0 Å². The zero-order valence-corrected chi connectivity index (χ0v) is 9.65. The summed E-state index contributed by atoms with van der Waals surface area (Å²) in [5, 5.41) is 19.8. The Morgan fingerprint density at radius 3 is 2.26 bits per heavy atom. The van der Waals surface area contributed by atoms with Gasteiger partial charge in [-0.15, -0.1) is 0 Å². The van der Waals surface area contributed by atoms with Crippen LogP contribution in [0.15, 0.2) is 48.5 Å². The maximum absolute atomic E-state index is 11.0. The molecule has 0 amide bonds. The number of carbonyl (C=O) groups is 1. The summed E-state index contributed by atoms with van der Waals surface area (Å²) in [5.41, 5.74) is -0.275. The average Bonchev–Trinajstić information content (AvgIpc) is 2.39. The summed E-state index contributed by atoms with van der Waals surface area (Å²) in [6.07, 6.45) is 0. The number of rotatable bonds is 4. The van der Waals surface area contributed by atoms with E-state index in [1.807, 2.05) is 0 Å². The molecule has 0 aliphatic rings. The number of para-hydroxylation sites is 3. The number of benzene rings is 2. The Kier molecular flexibility index (Phi) is 3.42. The number of nitro groups is 1. The summed E-state index contributed by atoms with van der Waals surface area (Å²) >= 11 is 0. The lowest BCUT2D eigenvalue weighted by Crippen LogP contribution is -2.00. The summed E-state index contributed by atoms with van der Waals surface area (Å²) in [6, 6.07) is 11.7. The maximum Gasteiger partial charge on any atom is 0.339 e. The normalized spacial score (nSPS) is 9.89. The Labute approximate surface area is 108 Å². The van der Waals surface area contributed by atoms with Gasteiger partial charge in [0, 0.05) is 6.07 Å². The van der Waals surface area contributed by atoms with E-state index in [4.69, 9.17) is 9.84 Å². The molecule has 0 spiro atoms. The van der Waals surface area contributed by atoms with Crippen LogP contribution >= 0.6 is 0 Å². The highest BCUT2D eigenvalue weighted by Crippen LogP contribution is 2.32. The number of hydrogen-bond donors (Lipinski definition) is 1. The van der Waals surface area contributed by atoms with Gasteiger partial charge in [0.05, 0.1) is 4.92 Å². The molecule has 0 fully saturated rings. The number of nitro benzene ring substituents is 1. The van der Waals surface area contributed by atoms with Crippen molar-refractivity contribution in [2.24, 2.45) is 0 Å². The highest BCUT2D eigenvalue weighted by molar-refractivity contribution is 5.91. The van der Waals surface area contributed by atoms with Crippen molar-refractivity contribution in [3.8, 4) is 11.5 Å². The summed E-state index contributed by atoms with van der Waals surface area (Å²) in [5.74, 6) is -1.10. The average molecular weight is 259 g/mol. The second kappa shape index (κ2) is 5.18. The van der Waals surface area contributed by atoms with Crippen LogP contribution in [0.4, 0.5) is 5.69 Å². The number of carboxylic acids is 1. The first-order valence-electron chi connectivity index (χ1n) is 5.33. The molecule has 0 saturated heterocycles. The van der Waals surface area contributed by atoms with Crippen LogP contribution in [-0.2, 0) is 0 Å². The van der Waals surface area contributed by atoms with E-state index < -0.39 is 10.9 Å². The van der Waals surface area contributed by atoms with Crippen molar-refractivity contribution < 1.29 is 19.6 Å². The minimum Gasteiger partial charge on any atom is -0.478 e. The van der Waals surface area contributed by atoms with E-state index in [1.165, 1.54) is 30.3 Å². The fourth-order valence-corrected chi connectivity index (χ4v) is 1.55. The number of nitrogens with zero attached hydrogens (tertiary/aromatic N) is 1. The molecule has 96 valence electrons.